The molecule has 0 aromatic carbocycles. The van der Waals surface area contributed by atoms with Gasteiger partial charge in [-0.2, -0.15) is 0 Å². The largest absolute Gasteiger partial charge is 0.0683 e. The molecule has 1 aliphatic rings. The van der Waals surface area contributed by atoms with Gasteiger partial charge in [-0.3, -0.25) is 0 Å². The van der Waals surface area contributed by atoms with E-state index in [4.69, 9.17) is 0 Å². The topological polar surface area (TPSA) is 0 Å². The molecule has 0 heteroatoms. The van der Waals surface area contributed by atoms with E-state index < -0.39 is 0 Å². The molecule has 1 aliphatic carbocycles. The molecule has 0 aliphatic heterocycles. The van der Waals surface area contributed by atoms with E-state index >= 15 is 0 Å². The molecular formula is C14H36. The Bertz CT molecular complexity index is 33.3. The molecule has 1 fully saturated rings. The molecule has 92 valence electrons. The fraction of sp³-hybridized carbons (Fsp3) is 1.00. The summed E-state index contributed by atoms with van der Waals surface area (Å²) in [7, 11) is 0. The van der Waals surface area contributed by atoms with Gasteiger partial charge < -0.3 is 0 Å². The lowest BCUT2D eigenvalue weighted by molar-refractivity contribution is 0.612. The van der Waals surface area contributed by atoms with E-state index in [0.29, 0.717) is 0 Å². The van der Waals surface area contributed by atoms with E-state index in [1.54, 1.807) is 0 Å². The molecule has 0 radical (unpaired) electrons. The molecule has 0 saturated heterocycles. The molecule has 1 rings (SSSR count). The molecule has 0 spiro atoms. The van der Waals surface area contributed by atoms with Crippen LogP contribution in [0.2, 0.25) is 0 Å². The van der Waals surface area contributed by atoms with Crippen LogP contribution in [-0.2, 0) is 0 Å². The molecule has 0 heterocycles. The van der Waals surface area contributed by atoms with E-state index in [0.717, 1.165) is 5.92 Å². The summed E-state index contributed by atoms with van der Waals surface area (Å²) in [4.78, 5) is 0. The van der Waals surface area contributed by atoms with E-state index in [1.165, 1.54) is 25.7 Å². The van der Waals surface area contributed by atoms with E-state index in [1.807, 2.05) is 55.4 Å². The Hall–Kier alpha value is 0. The Labute approximate surface area is 94.5 Å². The Morgan fingerprint density at radius 1 is 0.571 bits per heavy atom. The molecular weight excluding hydrogens is 168 g/mol. The minimum absolute atomic E-state index is 1.05. The summed E-state index contributed by atoms with van der Waals surface area (Å²) >= 11 is 0. The number of hydrogen-bond acceptors (Lipinski definition) is 0. The summed E-state index contributed by atoms with van der Waals surface area (Å²) < 4.78 is 0. The van der Waals surface area contributed by atoms with Gasteiger partial charge in [0.2, 0.25) is 0 Å². The molecule has 0 unspecified atom stereocenters. The van der Waals surface area contributed by atoms with Crippen molar-refractivity contribution < 1.29 is 0 Å². The quantitative estimate of drug-likeness (QED) is 0.434. The summed E-state index contributed by atoms with van der Waals surface area (Å²) in [5, 5.41) is 0. The molecule has 0 atom stereocenters. The normalized spacial score (nSPS) is 12.6. The molecule has 0 aromatic heterocycles. The highest BCUT2D eigenvalue weighted by molar-refractivity contribution is 4.60. The van der Waals surface area contributed by atoms with Gasteiger partial charge in [-0.1, -0.05) is 88.0 Å². The molecule has 1 saturated carbocycles. The van der Waals surface area contributed by atoms with Gasteiger partial charge in [-0.15, -0.1) is 0 Å². The van der Waals surface area contributed by atoms with Gasteiger partial charge in [0.1, 0.15) is 0 Å². The van der Waals surface area contributed by atoms with Crippen LogP contribution in [0.25, 0.3) is 0 Å². The van der Waals surface area contributed by atoms with Crippen molar-refractivity contribution in [3.63, 3.8) is 0 Å². The van der Waals surface area contributed by atoms with Gasteiger partial charge in [0, 0.05) is 0 Å². The van der Waals surface area contributed by atoms with Gasteiger partial charge >= 0.3 is 0 Å². The van der Waals surface area contributed by atoms with Crippen molar-refractivity contribution in [3.8, 4) is 0 Å². The lowest BCUT2D eigenvalue weighted by atomic mass is 10.2. The maximum absolute atomic E-state index is 2.34. The molecule has 0 nitrogen and oxygen atoms in total. The third-order valence-electron chi connectivity index (χ3n) is 1.64. The Kier molecular flexibility index (Phi) is 64.6. The summed E-state index contributed by atoms with van der Waals surface area (Å²) in [6.07, 6.45) is 5.95. The van der Waals surface area contributed by atoms with Crippen LogP contribution >= 0.6 is 0 Å². The fourth-order valence-corrected chi connectivity index (χ4v) is 1.13. The van der Waals surface area contributed by atoms with Gasteiger partial charge in [0.25, 0.3) is 0 Å². The highest BCUT2D eigenvalue weighted by Gasteiger charge is 2.07. The third kappa shape index (κ3) is 29.6. The standard InChI is InChI=1S/C6H12.4C2H6/c1-6-4-2-3-5-6;4*1-2/h6H,2-5H2,1H3;4*1-2H3. The first-order valence-corrected chi connectivity index (χ1v) is 6.89. The SMILES string of the molecule is CC.CC.CC.CC.CC1CCCC1. The second-order valence-electron chi connectivity index (χ2n) is 2.39. The monoisotopic (exact) mass is 204 g/mol. The van der Waals surface area contributed by atoms with Crippen molar-refractivity contribution in [2.45, 2.75) is 88.0 Å². The van der Waals surface area contributed by atoms with E-state index in [9.17, 15) is 0 Å². The van der Waals surface area contributed by atoms with Gasteiger partial charge in [0.15, 0.2) is 0 Å². The first-order valence-electron chi connectivity index (χ1n) is 6.89. The molecule has 0 bridgehead atoms. The first-order chi connectivity index (χ1) is 6.89. The maximum Gasteiger partial charge on any atom is -0.0443 e. The zero-order chi connectivity index (χ0) is 12.4. The molecule has 14 heavy (non-hydrogen) atoms. The van der Waals surface area contributed by atoms with E-state index in [2.05, 4.69) is 6.92 Å². The van der Waals surface area contributed by atoms with Gasteiger partial charge in [-0.05, 0) is 5.92 Å². The highest BCUT2D eigenvalue weighted by Crippen LogP contribution is 2.22. The summed E-state index contributed by atoms with van der Waals surface area (Å²) in [5.74, 6) is 1.05. The lowest BCUT2D eigenvalue weighted by Crippen LogP contribution is -1.78. The summed E-state index contributed by atoms with van der Waals surface area (Å²) in [6.45, 7) is 18.3. The predicted molar refractivity (Wildman–Crippen MR) is 73.0 cm³/mol. The maximum atomic E-state index is 2.34. The summed E-state index contributed by atoms with van der Waals surface area (Å²) in [5.41, 5.74) is 0. The van der Waals surface area contributed by atoms with Gasteiger partial charge in [0.05, 0.1) is 0 Å². The minimum atomic E-state index is 1.05. The van der Waals surface area contributed by atoms with Crippen molar-refractivity contribution >= 4 is 0 Å². The Morgan fingerprint density at radius 2 is 0.786 bits per heavy atom. The molecule has 0 amide bonds. The predicted octanol–water partition coefficient (Wildman–Crippen LogP) is 6.30. The van der Waals surface area contributed by atoms with Crippen LogP contribution in [-0.4, -0.2) is 0 Å². The van der Waals surface area contributed by atoms with Crippen LogP contribution in [0.3, 0.4) is 0 Å². The second kappa shape index (κ2) is 38.2. The molecule has 0 N–H and O–H groups in total. The van der Waals surface area contributed by atoms with Crippen molar-refractivity contribution in [1.29, 1.82) is 0 Å². The zero-order valence-electron chi connectivity index (χ0n) is 12.4. The Morgan fingerprint density at radius 3 is 0.857 bits per heavy atom. The second-order valence-corrected chi connectivity index (χ2v) is 2.39. The van der Waals surface area contributed by atoms with Crippen molar-refractivity contribution in [2.24, 2.45) is 5.92 Å². The van der Waals surface area contributed by atoms with Crippen LogP contribution in [0.4, 0.5) is 0 Å². The Balaban J connectivity index is -0.0000000542. The van der Waals surface area contributed by atoms with Crippen LogP contribution in [0.15, 0.2) is 0 Å². The van der Waals surface area contributed by atoms with Crippen LogP contribution in [0.5, 0.6) is 0 Å². The summed E-state index contributed by atoms with van der Waals surface area (Å²) in [6, 6.07) is 0. The van der Waals surface area contributed by atoms with Crippen molar-refractivity contribution in [3.05, 3.63) is 0 Å². The number of rotatable bonds is 0. The smallest absolute Gasteiger partial charge is 0.0443 e. The zero-order valence-corrected chi connectivity index (χ0v) is 12.4. The minimum Gasteiger partial charge on any atom is -0.0683 e. The fourth-order valence-electron chi connectivity index (χ4n) is 1.13. The number of hydrogen-bond donors (Lipinski definition) is 0. The lowest BCUT2D eigenvalue weighted by Gasteiger charge is -1.91. The van der Waals surface area contributed by atoms with Crippen molar-refractivity contribution in [2.75, 3.05) is 0 Å². The average molecular weight is 204 g/mol. The highest BCUT2D eigenvalue weighted by atomic mass is 14.1. The average Bonchev–Trinajstić information content (AvgIpc) is 2.80. The molecule has 0 aromatic rings. The van der Waals surface area contributed by atoms with Crippen LogP contribution in [0, 0.1) is 5.92 Å². The van der Waals surface area contributed by atoms with E-state index in [-0.39, 0.29) is 0 Å². The third-order valence-corrected chi connectivity index (χ3v) is 1.64. The van der Waals surface area contributed by atoms with Gasteiger partial charge in [-0.25, -0.2) is 0 Å². The first kappa shape index (κ1) is 23.7. The van der Waals surface area contributed by atoms with Crippen LogP contribution < -0.4 is 0 Å². The van der Waals surface area contributed by atoms with Crippen LogP contribution in [0.1, 0.15) is 88.0 Å². The van der Waals surface area contributed by atoms with Crippen molar-refractivity contribution in [1.82, 2.24) is 0 Å².